The molecule has 2 aromatic carbocycles. The van der Waals surface area contributed by atoms with Crippen LogP contribution in [0.3, 0.4) is 0 Å². The second-order valence-electron chi connectivity index (χ2n) is 6.25. The Hall–Kier alpha value is -3.25. The Bertz CT molecular complexity index is 921. The monoisotopic (exact) mass is 327 g/mol. The molecule has 3 aromatic rings. The third-order valence-electron chi connectivity index (χ3n) is 4.20. The molecule has 0 saturated carbocycles. The molecule has 0 aliphatic carbocycles. The number of aromatic nitrogens is 1. The topological polar surface area (TPSA) is 32.0 Å². The molecule has 3 rings (SSSR count). The molecule has 25 heavy (non-hydrogen) atoms. The molecule has 0 amide bonds. The van der Waals surface area contributed by atoms with E-state index in [-0.39, 0.29) is 0 Å². The Balaban J connectivity index is 1.98. The molecule has 0 saturated heterocycles. The molecular weight excluding hydrogens is 306 g/mol. The number of nitriles is 1. The maximum absolute atomic E-state index is 9.57. The van der Waals surface area contributed by atoms with E-state index in [0.29, 0.717) is 5.57 Å². The van der Waals surface area contributed by atoms with Crippen LogP contribution >= 0.6 is 0 Å². The van der Waals surface area contributed by atoms with Crippen LogP contribution in [0.4, 0.5) is 5.69 Å². The molecule has 0 aliphatic heterocycles. The molecule has 0 atom stereocenters. The first-order chi connectivity index (χ1) is 12.1. The first kappa shape index (κ1) is 16.6. The number of benzene rings is 2. The smallest absolute Gasteiger partial charge is 0.0998 e. The van der Waals surface area contributed by atoms with Gasteiger partial charge in [0.25, 0.3) is 0 Å². The quantitative estimate of drug-likeness (QED) is 0.637. The zero-order valence-corrected chi connectivity index (χ0v) is 14.8. The molecule has 1 aromatic heterocycles. The van der Waals surface area contributed by atoms with E-state index in [2.05, 4.69) is 39.8 Å². The van der Waals surface area contributed by atoms with Gasteiger partial charge in [-0.2, -0.15) is 5.26 Å². The molecule has 0 unspecified atom stereocenters. The Labute approximate surface area is 149 Å². The van der Waals surface area contributed by atoms with Crippen molar-refractivity contribution in [3.63, 3.8) is 0 Å². The van der Waals surface area contributed by atoms with E-state index in [1.165, 1.54) is 5.56 Å². The molecule has 124 valence electrons. The normalized spacial score (nSPS) is 11.2. The highest BCUT2D eigenvalue weighted by atomic mass is 15.1. The van der Waals surface area contributed by atoms with E-state index in [1.807, 2.05) is 69.7 Å². The average Bonchev–Trinajstić information content (AvgIpc) is 3.09. The molecule has 0 bridgehead atoms. The van der Waals surface area contributed by atoms with Gasteiger partial charge in [0, 0.05) is 37.4 Å². The van der Waals surface area contributed by atoms with Crippen LogP contribution in [0.2, 0.25) is 0 Å². The Morgan fingerprint density at radius 2 is 1.68 bits per heavy atom. The lowest BCUT2D eigenvalue weighted by atomic mass is 10.0. The summed E-state index contributed by atoms with van der Waals surface area (Å²) in [4.78, 5) is 2.07. The second-order valence-corrected chi connectivity index (χ2v) is 6.25. The van der Waals surface area contributed by atoms with Gasteiger partial charge in [-0.3, -0.25) is 0 Å². The summed E-state index contributed by atoms with van der Waals surface area (Å²) in [7, 11) is 4.05. The largest absolute Gasteiger partial charge is 0.378 e. The van der Waals surface area contributed by atoms with Crippen molar-refractivity contribution in [1.82, 2.24) is 4.57 Å². The van der Waals surface area contributed by atoms with Crippen LogP contribution < -0.4 is 4.90 Å². The van der Waals surface area contributed by atoms with Crippen LogP contribution in [-0.4, -0.2) is 18.7 Å². The minimum atomic E-state index is 0.657. The Morgan fingerprint density at radius 3 is 2.28 bits per heavy atom. The number of allylic oxidation sites excluding steroid dienone is 1. The summed E-state index contributed by atoms with van der Waals surface area (Å²) in [6, 6.07) is 22.7. The fourth-order valence-electron chi connectivity index (χ4n) is 2.72. The lowest BCUT2D eigenvalue weighted by Crippen LogP contribution is -2.08. The van der Waals surface area contributed by atoms with Crippen molar-refractivity contribution in [2.75, 3.05) is 19.0 Å². The van der Waals surface area contributed by atoms with Gasteiger partial charge >= 0.3 is 0 Å². The van der Waals surface area contributed by atoms with Gasteiger partial charge in [-0.15, -0.1) is 0 Å². The fraction of sp³-hybridized carbons (Fsp3) is 0.136. The number of hydrogen-bond donors (Lipinski definition) is 0. The highest BCUT2D eigenvalue weighted by Gasteiger charge is 2.06. The molecule has 0 aliphatic rings. The van der Waals surface area contributed by atoms with E-state index < -0.39 is 0 Å². The minimum Gasteiger partial charge on any atom is -0.378 e. The Morgan fingerprint density at radius 1 is 1.00 bits per heavy atom. The van der Waals surface area contributed by atoms with E-state index in [1.54, 1.807) is 0 Å². The molecular formula is C22H21N3. The van der Waals surface area contributed by atoms with Gasteiger partial charge in [-0.25, -0.2) is 0 Å². The van der Waals surface area contributed by atoms with Crippen LogP contribution in [0.5, 0.6) is 0 Å². The van der Waals surface area contributed by atoms with Gasteiger partial charge in [0.15, 0.2) is 0 Å². The van der Waals surface area contributed by atoms with Crippen molar-refractivity contribution in [1.29, 1.82) is 5.26 Å². The van der Waals surface area contributed by atoms with E-state index in [9.17, 15) is 5.26 Å². The van der Waals surface area contributed by atoms with Crippen molar-refractivity contribution in [3.8, 4) is 11.8 Å². The van der Waals surface area contributed by atoms with Crippen molar-refractivity contribution >= 4 is 17.3 Å². The van der Waals surface area contributed by atoms with Gasteiger partial charge < -0.3 is 9.47 Å². The van der Waals surface area contributed by atoms with Crippen molar-refractivity contribution in [3.05, 3.63) is 83.7 Å². The highest BCUT2D eigenvalue weighted by molar-refractivity contribution is 5.89. The molecule has 0 N–H and O–H groups in total. The zero-order chi connectivity index (χ0) is 17.8. The molecule has 3 heteroatoms. The van der Waals surface area contributed by atoms with Crippen molar-refractivity contribution in [2.45, 2.75) is 6.92 Å². The van der Waals surface area contributed by atoms with E-state index in [0.717, 1.165) is 22.6 Å². The molecule has 0 radical (unpaired) electrons. The SMILES string of the molecule is Cc1ccc(/C(C#N)=C\c2cccn2-c2ccc(N(C)C)cc2)cc1. The summed E-state index contributed by atoms with van der Waals surface area (Å²) >= 11 is 0. The molecule has 3 nitrogen and oxygen atoms in total. The molecule has 0 spiro atoms. The van der Waals surface area contributed by atoms with Crippen LogP contribution in [0, 0.1) is 18.3 Å². The van der Waals surface area contributed by atoms with Gasteiger partial charge in [-0.05, 0) is 55.0 Å². The summed E-state index contributed by atoms with van der Waals surface area (Å²) < 4.78 is 2.09. The summed E-state index contributed by atoms with van der Waals surface area (Å²) in [6.07, 6.45) is 3.95. The van der Waals surface area contributed by atoms with Gasteiger partial charge in [-0.1, -0.05) is 29.8 Å². The Kier molecular flexibility index (Phi) is 4.72. The lowest BCUT2D eigenvalue weighted by Gasteiger charge is -2.14. The summed E-state index contributed by atoms with van der Waals surface area (Å²) in [5, 5.41) is 9.57. The third kappa shape index (κ3) is 3.64. The zero-order valence-electron chi connectivity index (χ0n) is 14.8. The van der Waals surface area contributed by atoms with Crippen LogP contribution in [-0.2, 0) is 0 Å². The highest BCUT2D eigenvalue weighted by Crippen LogP contribution is 2.22. The van der Waals surface area contributed by atoms with Crippen LogP contribution in [0.25, 0.3) is 17.3 Å². The van der Waals surface area contributed by atoms with E-state index >= 15 is 0 Å². The third-order valence-corrected chi connectivity index (χ3v) is 4.20. The maximum atomic E-state index is 9.57. The second kappa shape index (κ2) is 7.11. The number of aryl methyl sites for hydroxylation is 1. The molecule has 0 fully saturated rings. The number of hydrogen-bond acceptors (Lipinski definition) is 2. The first-order valence-electron chi connectivity index (χ1n) is 8.22. The molecule has 1 heterocycles. The number of nitrogens with zero attached hydrogens (tertiary/aromatic N) is 3. The number of rotatable bonds is 4. The maximum Gasteiger partial charge on any atom is 0.0998 e. The van der Waals surface area contributed by atoms with Gasteiger partial charge in [0.1, 0.15) is 0 Å². The first-order valence-corrected chi connectivity index (χ1v) is 8.22. The number of anilines is 1. The van der Waals surface area contributed by atoms with Crippen LogP contribution in [0.15, 0.2) is 66.9 Å². The summed E-state index contributed by atoms with van der Waals surface area (Å²) in [5.41, 5.74) is 5.99. The summed E-state index contributed by atoms with van der Waals surface area (Å²) in [6.45, 7) is 2.04. The standard InChI is InChI=1S/C22H21N3/c1-17-6-8-18(9-7-17)19(16-23)15-22-5-4-14-25(22)21-12-10-20(11-13-21)24(2)3/h4-15H,1-3H3/b19-15-. The van der Waals surface area contributed by atoms with Crippen LogP contribution in [0.1, 0.15) is 16.8 Å². The van der Waals surface area contributed by atoms with Crippen molar-refractivity contribution < 1.29 is 0 Å². The van der Waals surface area contributed by atoms with Crippen molar-refractivity contribution in [2.24, 2.45) is 0 Å². The van der Waals surface area contributed by atoms with Gasteiger partial charge in [0.2, 0.25) is 0 Å². The summed E-state index contributed by atoms with van der Waals surface area (Å²) in [5.74, 6) is 0. The predicted octanol–water partition coefficient (Wildman–Crippen LogP) is 4.92. The average molecular weight is 327 g/mol. The fourth-order valence-corrected chi connectivity index (χ4v) is 2.72. The lowest BCUT2D eigenvalue weighted by molar-refractivity contribution is 1.06. The van der Waals surface area contributed by atoms with E-state index in [4.69, 9.17) is 0 Å². The predicted molar refractivity (Wildman–Crippen MR) is 105 cm³/mol. The van der Waals surface area contributed by atoms with Gasteiger partial charge in [0.05, 0.1) is 11.6 Å². The minimum absolute atomic E-state index is 0.657.